The molecule has 0 aliphatic rings. The lowest BCUT2D eigenvalue weighted by Crippen LogP contribution is -2.46. The summed E-state index contributed by atoms with van der Waals surface area (Å²) in [6.07, 6.45) is 4.03. The fourth-order valence-electron chi connectivity index (χ4n) is 2.50. The third-order valence-electron chi connectivity index (χ3n) is 3.75. The molecule has 0 fully saturated rings. The maximum atomic E-state index is 13.7. The van der Waals surface area contributed by atoms with Crippen molar-refractivity contribution < 1.29 is 8.81 Å². The Morgan fingerprint density at radius 1 is 1.04 bits per heavy atom. The van der Waals surface area contributed by atoms with Crippen molar-refractivity contribution in [2.75, 3.05) is 0 Å². The zero-order valence-corrected chi connectivity index (χ0v) is 14.6. The van der Waals surface area contributed by atoms with E-state index < -0.39 is 16.9 Å². The molecule has 134 valence electrons. The van der Waals surface area contributed by atoms with Gasteiger partial charge in [-0.25, -0.2) is 9.37 Å². The van der Waals surface area contributed by atoms with Gasteiger partial charge in [0, 0.05) is 11.0 Å². The van der Waals surface area contributed by atoms with Gasteiger partial charge in [0.05, 0.1) is 0 Å². The van der Waals surface area contributed by atoms with Crippen LogP contribution in [0.4, 0.5) is 4.39 Å². The number of hydrogen-bond donors (Lipinski definition) is 2. The van der Waals surface area contributed by atoms with Gasteiger partial charge in [0.2, 0.25) is 0 Å². The molecule has 1 aromatic carbocycles. The standard InChI is InChI=1S/C19H18FN3O3/c1-19(2,3)16-13(21-10-26-16)9-15-18(25)22-14(17(24)23-15)8-11-6-4-5-7-12(11)20/h4-10H,1-3H3,(H,22,25)(H,23,24). The molecule has 2 aromatic heterocycles. The van der Waals surface area contributed by atoms with Crippen LogP contribution in [0.5, 0.6) is 0 Å². The summed E-state index contributed by atoms with van der Waals surface area (Å²) in [5.74, 6) is 0.112. The lowest BCUT2D eigenvalue weighted by molar-refractivity contribution is 0.407. The van der Waals surface area contributed by atoms with Crippen LogP contribution in [0.1, 0.15) is 37.8 Å². The molecule has 2 heterocycles. The summed E-state index contributed by atoms with van der Waals surface area (Å²) < 4.78 is 19.1. The second kappa shape index (κ2) is 6.59. The molecular weight excluding hydrogens is 337 g/mol. The highest BCUT2D eigenvalue weighted by molar-refractivity contribution is 5.49. The molecule has 3 aromatic rings. The average molecular weight is 355 g/mol. The molecule has 0 amide bonds. The molecule has 0 radical (unpaired) electrons. The normalized spacial score (nSPS) is 13.4. The van der Waals surface area contributed by atoms with Gasteiger partial charge in [-0.1, -0.05) is 39.0 Å². The number of H-pyrrole nitrogens is 2. The van der Waals surface area contributed by atoms with Crippen LogP contribution < -0.4 is 21.8 Å². The first kappa shape index (κ1) is 17.6. The topological polar surface area (TPSA) is 91.8 Å². The molecule has 0 saturated heterocycles. The minimum absolute atomic E-state index is 0.0338. The number of rotatable bonds is 2. The number of aromatic nitrogens is 3. The second-order valence-electron chi connectivity index (χ2n) is 6.86. The van der Waals surface area contributed by atoms with Crippen LogP contribution in [0.3, 0.4) is 0 Å². The lowest BCUT2D eigenvalue weighted by Gasteiger charge is -2.14. The minimum atomic E-state index is -0.542. The summed E-state index contributed by atoms with van der Waals surface area (Å²) in [5, 5.41) is 0.00790. The molecule has 0 atom stereocenters. The van der Waals surface area contributed by atoms with Crippen molar-refractivity contribution in [3.63, 3.8) is 0 Å². The third kappa shape index (κ3) is 3.56. The van der Waals surface area contributed by atoms with Gasteiger partial charge in [-0.05, 0) is 18.2 Å². The van der Waals surface area contributed by atoms with Crippen molar-refractivity contribution in [3.05, 3.63) is 84.9 Å². The van der Waals surface area contributed by atoms with E-state index in [0.717, 1.165) is 0 Å². The first-order chi connectivity index (χ1) is 12.3. The van der Waals surface area contributed by atoms with E-state index in [9.17, 15) is 14.0 Å². The number of oxazole rings is 1. The largest absolute Gasteiger partial charge is 0.447 e. The Bertz CT molecular complexity index is 1180. The Labute approximate surface area is 147 Å². The highest BCUT2D eigenvalue weighted by atomic mass is 19.1. The van der Waals surface area contributed by atoms with Gasteiger partial charge in [0.15, 0.2) is 6.39 Å². The van der Waals surface area contributed by atoms with Crippen LogP contribution in [0.25, 0.3) is 12.2 Å². The van der Waals surface area contributed by atoms with Gasteiger partial charge in [-0.15, -0.1) is 0 Å². The van der Waals surface area contributed by atoms with E-state index in [1.54, 1.807) is 12.1 Å². The fraction of sp³-hybridized carbons (Fsp3) is 0.211. The van der Waals surface area contributed by atoms with Crippen LogP contribution in [-0.2, 0) is 5.41 Å². The average Bonchev–Trinajstić information content (AvgIpc) is 3.03. The second-order valence-corrected chi connectivity index (χ2v) is 6.86. The van der Waals surface area contributed by atoms with Crippen LogP contribution in [0, 0.1) is 5.82 Å². The maximum Gasteiger partial charge on any atom is 0.272 e. The third-order valence-corrected chi connectivity index (χ3v) is 3.75. The number of nitrogens with one attached hydrogen (secondary N) is 2. The molecule has 7 heteroatoms. The Morgan fingerprint density at radius 2 is 1.65 bits per heavy atom. The van der Waals surface area contributed by atoms with Crippen molar-refractivity contribution >= 4 is 12.2 Å². The van der Waals surface area contributed by atoms with Gasteiger partial charge in [-0.2, -0.15) is 0 Å². The summed E-state index contributed by atoms with van der Waals surface area (Å²) >= 11 is 0. The number of halogens is 1. The van der Waals surface area contributed by atoms with E-state index in [4.69, 9.17) is 4.42 Å². The predicted molar refractivity (Wildman–Crippen MR) is 95.7 cm³/mol. The SMILES string of the molecule is CC(C)(C)c1ocnc1C=c1[nH]c(=O)c(=Cc2ccccc2F)[nH]c1=O. The number of aromatic amines is 2. The lowest BCUT2D eigenvalue weighted by atomic mass is 9.92. The molecule has 0 unspecified atom stereocenters. The highest BCUT2D eigenvalue weighted by Crippen LogP contribution is 2.25. The van der Waals surface area contributed by atoms with Gasteiger partial charge >= 0.3 is 0 Å². The van der Waals surface area contributed by atoms with Gasteiger partial charge in [-0.3, -0.25) is 9.59 Å². The summed E-state index contributed by atoms with van der Waals surface area (Å²) in [5.41, 5.74) is -0.704. The van der Waals surface area contributed by atoms with Crippen molar-refractivity contribution in [2.45, 2.75) is 26.2 Å². The Balaban J connectivity index is 2.16. The minimum Gasteiger partial charge on any atom is -0.447 e. The van der Waals surface area contributed by atoms with E-state index in [2.05, 4.69) is 15.0 Å². The number of benzene rings is 1. The quantitative estimate of drug-likeness (QED) is 0.721. The van der Waals surface area contributed by atoms with Crippen LogP contribution in [-0.4, -0.2) is 15.0 Å². The van der Waals surface area contributed by atoms with Gasteiger partial charge in [0.1, 0.15) is 28.0 Å². The highest BCUT2D eigenvalue weighted by Gasteiger charge is 2.21. The molecule has 0 saturated carbocycles. The fourth-order valence-corrected chi connectivity index (χ4v) is 2.50. The van der Waals surface area contributed by atoms with Gasteiger partial charge in [0.25, 0.3) is 11.1 Å². The predicted octanol–water partition coefficient (Wildman–Crippen LogP) is 1.15. The summed E-state index contributed by atoms with van der Waals surface area (Å²) in [6, 6.07) is 5.97. The van der Waals surface area contributed by atoms with Crippen molar-refractivity contribution in [3.8, 4) is 0 Å². The van der Waals surface area contributed by atoms with E-state index in [-0.39, 0.29) is 21.7 Å². The molecule has 26 heavy (non-hydrogen) atoms. The zero-order valence-electron chi connectivity index (χ0n) is 14.6. The first-order valence-corrected chi connectivity index (χ1v) is 8.00. The van der Waals surface area contributed by atoms with Crippen molar-refractivity contribution in [1.29, 1.82) is 0 Å². The summed E-state index contributed by atoms with van der Waals surface area (Å²) in [4.78, 5) is 33.7. The maximum absolute atomic E-state index is 13.7. The van der Waals surface area contributed by atoms with Gasteiger partial charge < -0.3 is 14.4 Å². The van der Waals surface area contributed by atoms with Crippen LogP contribution in [0.15, 0.2) is 44.7 Å². The van der Waals surface area contributed by atoms with Crippen molar-refractivity contribution in [1.82, 2.24) is 15.0 Å². The van der Waals surface area contributed by atoms with E-state index in [0.29, 0.717) is 11.5 Å². The smallest absolute Gasteiger partial charge is 0.272 e. The zero-order chi connectivity index (χ0) is 18.9. The molecule has 0 aliphatic heterocycles. The number of hydrogen-bond acceptors (Lipinski definition) is 4. The van der Waals surface area contributed by atoms with E-state index >= 15 is 0 Å². The molecule has 2 N–H and O–H groups in total. The molecule has 0 spiro atoms. The Kier molecular flexibility index (Phi) is 4.46. The Hall–Kier alpha value is -3.22. The number of nitrogens with zero attached hydrogens (tertiary/aromatic N) is 1. The molecule has 0 aliphatic carbocycles. The summed E-state index contributed by atoms with van der Waals surface area (Å²) in [6.45, 7) is 5.85. The van der Waals surface area contributed by atoms with Crippen LogP contribution >= 0.6 is 0 Å². The first-order valence-electron chi connectivity index (χ1n) is 8.00. The molecular formula is C19H18FN3O3. The molecule has 3 rings (SSSR count). The van der Waals surface area contributed by atoms with E-state index in [1.807, 2.05) is 20.8 Å². The summed E-state index contributed by atoms with van der Waals surface area (Å²) in [7, 11) is 0. The molecule has 6 nitrogen and oxygen atoms in total. The van der Waals surface area contributed by atoms with Crippen molar-refractivity contribution in [2.24, 2.45) is 0 Å². The Morgan fingerprint density at radius 3 is 2.27 bits per heavy atom. The monoisotopic (exact) mass is 355 g/mol. The van der Waals surface area contributed by atoms with Crippen LogP contribution in [0.2, 0.25) is 0 Å². The van der Waals surface area contributed by atoms with E-state index in [1.165, 1.54) is 30.7 Å². The molecule has 0 bridgehead atoms.